The summed E-state index contributed by atoms with van der Waals surface area (Å²) in [5.41, 5.74) is 1.97. The predicted octanol–water partition coefficient (Wildman–Crippen LogP) is 3.05. The molecule has 1 aromatic carbocycles. The van der Waals surface area contributed by atoms with Gasteiger partial charge < -0.3 is 9.55 Å². The van der Waals surface area contributed by atoms with Crippen LogP contribution in [0.3, 0.4) is 0 Å². The smallest absolute Gasteiger partial charge is 0.178 e. The lowest BCUT2D eigenvalue weighted by atomic mass is 10.2. The van der Waals surface area contributed by atoms with Gasteiger partial charge in [-0.2, -0.15) is 0 Å². The van der Waals surface area contributed by atoms with Gasteiger partial charge in [0.1, 0.15) is 0 Å². The van der Waals surface area contributed by atoms with Crippen LogP contribution in [0.1, 0.15) is 18.9 Å². The Kier molecular flexibility index (Phi) is 3.46. The third-order valence-electron chi connectivity index (χ3n) is 3.48. The molecular formula is C12H13IN2O2S2. The lowest BCUT2D eigenvalue weighted by Gasteiger charge is -2.23. The summed E-state index contributed by atoms with van der Waals surface area (Å²) in [6.07, 6.45) is 1.58. The molecule has 1 N–H and O–H groups in total. The molecule has 0 bridgehead atoms. The van der Waals surface area contributed by atoms with Crippen molar-refractivity contribution in [3.63, 3.8) is 0 Å². The van der Waals surface area contributed by atoms with Gasteiger partial charge in [0.05, 0.1) is 28.6 Å². The molecule has 0 amide bonds. The molecule has 1 unspecified atom stereocenters. The number of hydrogen-bond donors (Lipinski definition) is 1. The molecule has 1 fully saturated rings. The number of halogens is 1. The van der Waals surface area contributed by atoms with Gasteiger partial charge in [0.25, 0.3) is 0 Å². The first-order chi connectivity index (χ1) is 8.96. The molecule has 1 aliphatic rings. The number of imidazole rings is 1. The molecule has 1 aromatic heterocycles. The Balaban J connectivity index is 2.15. The molecule has 2 heterocycles. The van der Waals surface area contributed by atoms with E-state index in [4.69, 9.17) is 12.2 Å². The van der Waals surface area contributed by atoms with Gasteiger partial charge in [-0.1, -0.05) is 0 Å². The first kappa shape index (κ1) is 13.6. The van der Waals surface area contributed by atoms with Crippen LogP contribution in [0.4, 0.5) is 0 Å². The highest BCUT2D eigenvalue weighted by Crippen LogP contribution is 2.28. The maximum absolute atomic E-state index is 11.8. The monoisotopic (exact) mass is 408 g/mol. The highest BCUT2D eigenvalue weighted by molar-refractivity contribution is 14.1. The van der Waals surface area contributed by atoms with Gasteiger partial charge in [-0.25, -0.2) is 8.42 Å². The van der Waals surface area contributed by atoms with Gasteiger partial charge >= 0.3 is 0 Å². The zero-order valence-electron chi connectivity index (χ0n) is 10.1. The second-order valence-electron chi connectivity index (χ2n) is 4.87. The van der Waals surface area contributed by atoms with Crippen molar-refractivity contribution >= 4 is 55.7 Å². The summed E-state index contributed by atoms with van der Waals surface area (Å²) in [4.78, 5) is 3.17. The lowest BCUT2D eigenvalue weighted by molar-refractivity contribution is 0.475. The number of rotatable bonds is 1. The van der Waals surface area contributed by atoms with Crippen molar-refractivity contribution < 1.29 is 8.42 Å². The molecule has 7 heteroatoms. The number of nitrogens with zero attached hydrogens (tertiary/aromatic N) is 1. The summed E-state index contributed by atoms with van der Waals surface area (Å²) in [5, 5.41) is 0. The molecule has 0 radical (unpaired) electrons. The van der Waals surface area contributed by atoms with E-state index in [0.29, 0.717) is 16.9 Å². The molecule has 19 heavy (non-hydrogen) atoms. The molecule has 1 saturated heterocycles. The summed E-state index contributed by atoms with van der Waals surface area (Å²) >= 11 is 7.61. The molecule has 3 rings (SSSR count). The van der Waals surface area contributed by atoms with Crippen molar-refractivity contribution in [2.24, 2.45) is 0 Å². The Morgan fingerprint density at radius 3 is 2.95 bits per heavy atom. The van der Waals surface area contributed by atoms with E-state index in [1.165, 1.54) is 0 Å². The highest BCUT2D eigenvalue weighted by Gasteiger charge is 2.27. The minimum Gasteiger partial charge on any atom is -0.331 e. The van der Waals surface area contributed by atoms with Crippen molar-refractivity contribution in [3.05, 3.63) is 26.5 Å². The molecule has 4 nitrogen and oxygen atoms in total. The summed E-state index contributed by atoms with van der Waals surface area (Å²) in [7, 11) is -2.93. The van der Waals surface area contributed by atoms with Gasteiger partial charge in [-0.15, -0.1) is 0 Å². The normalized spacial score (nSPS) is 22.7. The minimum atomic E-state index is -2.93. The number of aromatic amines is 1. The van der Waals surface area contributed by atoms with E-state index in [-0.39, 0.29) is 11.8 Å². The molecule has 1 atom stereocenters. The summed E-state index contributed by atoms with van der Waals surface area (Å²) < 4.78 is 27.3. The van der Waals surface area contributed by atoms with E-state index in [1.807, 2.05) is 22.8 Å². The Labute approximate surface area is 130 Å². The van der Waals surface area contributed by atoms with Gasteiger partial charge in [0.2, 0.25) is 0 Å². The minimum absolute atomic E-state index is 0.0416. The third kappa shape index (κ3) is 2.59. The van der Waals surface area contributed by atoms with Crippen LogP contribution in [0.2, 0.25) is 0 Å². The zero-order chi connectivity index (χ0) is 13.6. The standard InChI is InChI=1S/C12H13IN2O2S2/c13-8-3-4-11-10(6-8)14-12(18)15(11)9-2-1-5-19(16,17)7-9/h3-4,6,9H,1-2,5,7H2,(H,14,18). The Morgan fingerprint density at radius 1 is 1.42 bits per heavy atom. The average Bonchev–Trinajstić information content (AvgIpc) is 2.62. The van der Waals surface area contributed by atoms with Crippen molar-refractivity contribution in [1.82, 2.24) is 9.55 Å². The summed E-state index contributed by atoms with van der Waals surface area (Å²) in [6.45, 7) is 0. The highest BCUT2D eigenvalue weighted by atomic mass is 127. The number of fused-ring (bicyclic) bond motifs is 1. The van der Waals surface area contributed by atoms with Crippen LogP contribution >= 0.6 is 34.8 Å². The van der Waals surface area contributed by atoms with Crippen LogP contribution < -0.4 is 0 Å². The Morgan fingerprint density at radius 2 is 2.21 bits per heavy atom. The van der Waals surface area contributed by atoms with Crippen molar-refractivity contribution in [3.8, 4) is 0 Å². The maximum atomic E-state index is 11.8. The molecular weight excluding hydrogens is 395 g/mol. The van der Waals surface area contributed by atoms with Crippen molar-refractivity contribution in [2.75, 3.05) is 11.5 Å². The van der Waals surface area contributed by atoms with Gasteiger partial charge in [0, 0.05) is 3.57 Å². The fraction of sp³-hybridized carbons (Fsp3) is 0.417. The average molecular weight is 408 g/mol. The second-order valence-corrected chi connectivity index (χ2v) is 8.73. The van der Waals surface area contributed by atoms with Gasteiger partial charge in [-0.3, -0.25) is 0 Å². The fourth-order valence-electron chi connectivity index (χ4n) is 2.67. The van der Waals surface area contributed by atoms with Crippen LogP contribution in [-0.4, -0.2) is 29.5 Å². The predicted molar refractivity (Wildman–Crippen MR) is 86.8 cm³/mol. The van der Waals surface area contributed by atoms with Crippen molar-refractivity contribution in [2.45, 2.75) is 18.9 Å². The van der Waals surface area contributed by atoms with Crippen LogP contribution in [0.25, 0.3) is 11.0 Å². The van der Waals surface area contributed by atoms with E-state index in [9.17, 15) is 8.42 Å². The zero-order valence-corrected chi connectivity index (χ0v) is 13.9. The lowest BCUT2D eigenvalue weighted by Crippen LogP contribution is -2.27. The molecule has 0 spiro atoms. The second kappa shape index (κ2) is 4.85. The van der Waals surface area contributed by atoms with E-state index in [0.717, 1.165) is 21.0 Å². The number of benzene rings is 1. The first-order valence-corrected chi connectivity index (χ1v) is 9.37. The van der Waals surface area contributed by atoms with Crippen LogP contribution in [0.5, 0.6) is 0 Å². The summed E-state index contributed by atoms with van der Waals surface area (Å²) in [6, 6.07) is 6.00. The third-order valence-corrected chi connectivity index (χ3v) is 6.26. The molecule has 2 aromatic rings. The van der Waals surface area contributed by atoms with E-state index in [1.54, 1.807) is 0 Å². The molecule has 102 valence electrons. The SMILES string of the molecule is O=S1(=O)CCCC(n2c(=S)[nH]c3cc(I)ccc32)C1. The fourth-order valence-corrected chi connectivity index (χ4v) is 5.19. The van der Waals surface area contributed by atoms with E-state index in [2.05, 4.69) is 27.6 Å². The molecule has 0 aliphatic carbocycles. The van der Waals surface area contributed by atoms with E-state index < -0.39 is 9.84 Å². The topological polar surface area (TPSA) is 54.9 Å². The van der Waals surface area contributed by atoms with Crippen LogP contribution in [0.15, 0.2) is 18.2 Å². The van der Waals surface area contributed by atoms with Gasteiger partial charge in [-0.05, 0) is 65.8 Å². The van der Waals surface area contributed by atoms with E-state index >= 15 is 0 Å². The number of sulfone groups is 1. The number of hydrogen-bond acceptors (Lipinski definition) is 3. The Bertz CT molecular complexity index is 792. The Hall–Kier alpha value is -0.410. The summed E-state index contributed by atoms with van der Waals surface area (Å²) in [5.74, 6) is 0.497. The number of aromatic nitrogens is 2. The largest absolute Gasteiger partial charge is 0.331 e. The number of H-pyrrole nitrogens is 1. The quantitative estimate of drug-likeness (QED) is 0.583. The molecule has 1 aliphatic heterocycles. The maximum Gasteiger partial charge on any atom is 0.178 e. The van der Waals surface area contributed by atoms with Crippen LogP contribution in [-0.2, 0) is 9.84 Å². The van der Waals surface area contributed by atoms with Gasteiger partial charge in [0.15, 0.2) is 14.6 Å². The molecule has 0 saturated carbocycles. The van der Waals surface area contributed by atoms with Crippen LogP contribution in [0, 0.1) is 8.34 Å². The first-order valence-electron chi connectivity index (χ1n) is 6.06. The van der Waals surface area contributed by atoms with Crippen molar-refractivity contribution in [1.29, 1.82) is 0 Å². The number of nitrogens with one attached hydrogen (secondary N) is 1.